The number of aromatic nitrogens is 2. The van der Waals surface area contributed by atoms with Gasteiger partial charge in [-0.3, -0.25) is 9.59 Å². The number of halogens is 2. The molecule has 0 unspecified atom stereocenters. The molecule has 0 amide bonds. The van der Waals surface area contributed by atoms with Crippen LogP contribution in [0.25, 0.3) is 11.0 Å². The molecule has 184 valence electrons. The molecule has 0 saturated carbocycles. The van der Waals surface area contributed by atoms with Crippen molar-refractivity contribution in [3.63, 3.8) is 0 Å². The first-order chi connectivity index (χ1) is 17.3. The zero-order valence-corrected chi connectivity index (χ0v) is 19.1. The minimum atomic E-state index is -1.10. The molecule has 0 aliphatic carbocycles. The fourth-order valence-electron chi connectivity index (χ4n) is 3.90. The van der Waals surface area contributed by atoms with Crippen molar-refractivity contribution in [3.8, 4) is 0 Å². The third kappa shape index (κ3) is 4.78. The van der Waals surface area contributed by atoms with Crippen LogP contribution in [0.3, 0.4) is 0 Å². The Morgan fingerprint density at radius 2 is 1.86 bits per heavy atom. The van der Waals surface area contributed by atoms with Gasteiger partial charge in [0.2, 0.25) is 0 Å². The van der Waals surface area contributed by atoms with E-state index in [0.717, 1.165) is 6.07 Å². The van der Waals surface area contributed by atoms with E-state index in [0.29, 0.717) is 11.6 Å². The Hall–Kier alpha value is -4.60. The highest BCUT2D eigenvalue weighted by Crippen LogP contribution is 2.30. The minimum absolute atomic E-state index is 0.0303. The van der Waals surface area contributed by atoms with Crippen LogP contribution < -0.4 is 10.9 Å². The average molecular weight is 493 g/mol. The number of fused-ring (bicyclic) bond motifs is 1. The number of pyridine rings is 2. The number of esters is 1. The van der Waals surface area contributed by atoms with E-state index in [1.807, 2.05) is 0 Å². The van der Waals surface area contributed by atoms with Gasteiger partial charge in [0.15, 0.2) is 17.5 Å². The third-order valence-corrected chi connectivity index (χ3v) is 5.69. The van der Waals surface area contributed by atoms with Gasteiger partial charge < -0.3 is 15.3 Å². The Morgan fingerprint density at radius 1 is 1.11 bits per heavy atom. The van der Waals surface area contributed by atoms with Gasteiger partial charge in [0, 0.05) is 24.1 Å². The van der Waals surface area contributed by atoms with E-state index in [-0.39, 0.29) is 39.9 Å². The first-order valence-corrected chi connectivity index (χ1v) is 10.9. The number of nitrogens with one attached hydrogen (secondary N) is 1. The van der Waals surface area contributed by atoms with E-state index >= 15 is 0 Å². The fraction of sp³-hybridized carbons (Fsp3) is 0.154. The Balaban J connectivity index is 1.82. The quantitative estimate of drug-likeness (QED) is 0.216. The molecule has 4 rings (SSSR count). The predicted molar refractivity (Wildman–Crippen MR) is 127 cm³/mol. The molecule has 0 aliphatic rings. The van der Waals surface area contributed by atoms with Gasteiger partial charge in [0.25, 0.3) is 5.56 Å². The molecular weight excluding hydrogens is 472 g/mol. The summed E-state index contributed by atoms with van der Waals surface area (Å²) >= 11 is 0. The number of rotatable bonds is 8. The molecule has 0 spiro atoms. The zero-order valence-electron chi connectivity index (χ0n) is 19.1. The van der Waals surface area contributed by atoms with Gasteiger partial charge in [-0.25, -0.2) is 18.6 Å². The number of carbonyl (C=O) groups excluding carboxylic acids is 2. The van der Waals surface area contributed by atoms with Gasteiger partial charge in [-0.15, -0.1) is 4.73 Å². The summed E-state index contributed by atoms with van der Waals surface area (Å²) in [5.41, 5.74) is -1.08. The highest BCUT2D eigenvalue weighted by molar-refractivity contribution is 6.08. The molecule has 10 heteroatoms. The van der Waals surface area contributed by atoms with Crippen molar-refractivity contribution in [1.82, 2.24) is 9.71 Å². The van der Waals surface area contributed by atoms with Crippen LogP contribution in [-0.4, -0.2) is 33.8 Å². The van der Waals surface area contributed by atoms with Crippen LogP contribution in [0.2, 0.25) is 0 Å². The summed E-state index contributed by atoms with van der Waals surface area (Å²) in [6, 6.07) is 13.5. The van der Waals surface area contributed by atoms with Gasteiger partial charge >= 0.3 is 5.97 Å². The summed E-state index contributed by atoms with van der Waals surface area (Å²) in [5, 5.41) is 13.6. The topological polar surface area (TPSA) is 111 Å². The zero-order chi connectivity index (χ0) is 25.8. The molecule has 2 N–H and O–H groups in total. The molecule has 4 aromatic rings. The summed E-state index contributed by atoms with van der Waals surface area (Å²) in [6.07, 6.45) is 0.901. The highest BCUT2D eigenvalue weighted by Gasteiger charge is 2.28. The lowest BCUT2D eigenvalue weighted by Gasteiger charge is -2.21. The van der Waals surface area contributed by atoms with Crippen molar-refractivity contribution in [2.24, 2.45) is 0 Å². The summed E-state index contributed by atoms with van der Waals surface area (Å²) in [5.74, 6) is -2.98. The molecule has 0 radical (unpaired) electrons. The number of aryl methyl sites for hydroxylation is 1. The molecule has 1 atom stereocenters. The maximum atomic E-state index is 14.1. The number of Topliss-reactive ketones (excluding diaryl/α,β-unsaturated/α-hetero) is 1. The van der Waals surface area contributed by atoms with Crippen LogP contribution in [0.5, 0.6) is 0 Å². The van der Waals surface area contributed by atoms with Crippen LogP contribution in [-0.2, 0) is 16.0 Å². The van der Waals surface area contributed by atoms with Gasteiger partial charge in [-0.05, 0) is 35.7 Å². The average Bonchev–Trinajstić information content (AvgIpc) is 2.89. The van der Waals surface area contributed by atoms with Crippen molar-refractivity contribution in [3.05, 3.63) is 106 Å². The maximum Gasteiger partial charge on any atom is 0.332 e. The molecule has 36 heavy (non-hydrogen) atoms. The molecular formula is C26H21F2N3O5. The second-order valence-corrected chi connectivity index (χ2v) is 7.91. The second-order valence-electron chi connectivity index (χ2n) is 7.91. The predicted octanol–water partition coefficient (Wildman–Crippen LogP) is 4.05. The minimum Gasteiger partial charge on any atom is -0.467 e. The number of ether oxygens (including phenoxy) is 1. The lowest BCUT2D eigenvalue weighted by Crippen LogP contribution is -2.30. The Labute approximate surface area is 203 Å². The summed E-state index contributed by atoms with van der Waals surface area (Å²) < 4.78 is 32.5. The normalized spacial score (nSPS) is 11.8. The van der Waals surface area contributed by atoms with Crippen molar-refractivity contribution >= 4 is 28.5 Å². The van der Waals surface area contributed by atoms with E-state index in [9.17, 15) is 28.4 Å². The maximum absolute atomic E-state index is 14.1. The number of benzene rings is 2. The summed E-state index contributed by atoms with van der Waals surface area (Å²) in [7, 11) is 1.20. The first kappa shape index (κ1) is 24.5. The van der Waals surface area contributed by atoms with Crippen LogP contribution >= 0.6 is 0 Å². The SMILES string of the molecule is COC(=O)[C@H](Nc1c(C(=O)CCc2ccc(F)cc2F)c(=O)n(O)c2ncccc12)c1ccccc1. The van der Waals surface area contributed by atoms with Gasteiger partial charge in [-0.2, -0.15) is 0 Å². The molecule has 8 nitrogen and oxygen atoms in total. The number of carbonyl (C=O) groups is 2. The van der Waals surface area contributed by atoms with Crippen molar-refractivity contribution in [1.29, 1.82) is 0 Å². The number of anilines is 1. The number of ketones is 1. The lowest BCUT2D eigenvalue weighted by molar-refractivity contribution is -0.141. The van der Waals surface area contributed by atoms with Crippen LogP contribution in [0.1, 0.15) is 33.9 Å². The Bertz CT molecular complexity index is 1510. The fourth-order valence-corrected chi connectivity index (χ4v) is 3.90. The van der Waals surface area contributed by atoms with Crippen molar-refractivity contribution in [2.45, 2.75) is 18.9 Å². The molecule has 0 aliphatic heterocycles. The van der Waals surface area contributed by atoms with Crippen LogP contribution in [0, 0.1) is 11.6 Å². The van der Waals surface area contributed by atoms with E-state index in [1.54, 1.807) is 30.3 Å². The number of nitrogens with zero attached hydrogens (tertiary/aromatic N) is 2. The highest BCUT2D eigenvalue weighted by atomic mass is 19.1. The molecule has 0 fully saturated rings. The van der Waals surface area contributed by atoms with E-state index in [2.05, 4.69) is 10.3 Å². The standard InChI is InChI=1S/C26H21F2N3O5/c1-36-26(34)22(16-6-3-2-4-7-16)30-23-18-8-5-13-29-24(18)31(35)25(33)21(23)20(32)12-10-15-9-11-17(27)14-19(15)28/h2-9,11,13-14,22,30,35H,10,12H2,1H3/t22-/m1/s1. The second kappa shape index (κ2) is 10.3. The van der Waals surface area contributed by atoms with Crippen molar-refractivity contribution < 1.29 is 28.3 Å². The van der Waals surface area contributed by atoms with Gasteiger partial charge in [0.1, 0.15) is 17.2 Å². The largest absolute Gasteiger partial charge is 0.467 e. The Morgan fingerprint density at radius 3 is 2.56 bits per heavy atom. The number of methoxy groups -OCH3 is 1. The third-order valence-electron chi connectivity index (χ3n) is 5.69. The number of hydrogen-bond donors (Lipinski definition) is 2. The van der Waals surface area contributed by atoms with E-state index in [4.69, 9.17) is 4.74 Å². The molecule has 2 aromatic carbocycles. The molecule has 0 bridgehead atoms. The molecule has 2 aromatic heterocycles. The number of hydrogen-bond acceptors (Lipinski definition) is 7. The van der Waals surface area contributed by atoms with Crippen LogP contribution in [0.4, 0.5) is 14.5 Å². The Kier molecular flexibility index (Phi) is 7.05. The molecule has 2 heterocycles. The summed E-state index contributed by atoms with van der Waals surface area (Å²) in [6.45, 7) is 0. The van der Waals surface area contributed by atoms with E-state index in [1.165, 1.54) is 31.5 Å². The lowest BCUT2D eigenvalue weighted by atomic mass is 9.99. The van der Waals surface area contributed by atoms with Crippen LogP contribution in [0.15, 0.2) is 71.7 Å². The smallest absolute Gasteiger partial charge is 0.332 e. The van der Waals surface area contributed by atoms with Gasteiger partial charge in [0.05, 0.1) is 12.8 Å². The van der Waals surface area contributed by atoms with E-state index < -0.39 is 40.6 Å². The molecule has 0 saturated heterocycles. The monoisotopic (exact) mass is 493 g/mol. The summed E-state index contributed by atoms with van der Waals surface area (Å²) in [4.78, 5) is 43.1. The van der Waals surface area contributed by atoms with Crippen molar-refractivity contribution in [2.75, 3.05) is 12.4 Å². The van der Waals surface area contributed by atoms with Gasteiger partial charge in [-0.1, -0.05) is 36.4 Å². The first-order valence-electron chi connectivity index (χ1n) is 10.9.